The number of ether oxygens (including phenoxy) is 2. The fourth-order valence-corrected chi connectivity index (χ4v) is 4.06. The summed E-state index contributed by atoms with van der Waals surface area (Å²) < 4.78 is 12.1. The van der Waals surface area contributed by atoms with Crippen molar-refractivity contribution in [1.82, 2.24) is 9.88 Å². The van der Waals surface area contributed by atoms with Crippen molar-refractivity contribution in [1.29, 1.82) is 0 Å². The molecular weight excluding hydrogens is 288 g/mol. The van der Waals surface area contributed by atoms with Gasteiger partial charge in [-0.15, -0.1) is 0 Å². The topological polar surface area (TPSA) is 34.6 Å². The van der Waals surface area contributed by atoms with E-state index < -0.39 is 0 Å². The second-order valence-corrected chi connectivity index (χ2v) is 7.23. The molecule has 0 aromatic carbocycles. The Morgan fingerprint density at radius 1 is 1.30 bits per heavy atom. The van der Waals surface area contributed by atoms with E-state index in [2.05, 4.69) is 23.7 Å². The summed E-state index contributed by atoms with van der Waals surface area (Å²) in [6, 6.07) is 4.68. The third-order valence-corrected chi connectivity index (χ3v) is 5.60. The fraction of sp³-hybridized carbons (Fsp3) is 0.737. The Bertz CT molecular complexity index is 470. The van der Waals surface area contributed by atoms with Crippen LogP contribution in [0.15, 0.2) is 24.5 Å². The van der Waals surface area contributed by atoms with Gasteiger partial charge in [-0.2, -0.15) is 0 Å². The van der Waals surface area contributed by atoms with Gasteiger partial charge in [0.05, 0.1) is 12.2 Å². The largest absolute Gasteiger partial charge is 0.377 e. The summed E-state index contributed by atoms with van der Waals surface area (Å²) in [5.74, 6) is 0.661. The Kier molecular flexibility index (Phi) is 5.67. The van der Waals surface area contributed by atoms with Gasteiger partial charge in [-0.25, -0.2) is 0 Å². The second-order valence-electron chi connectivity index (χ2n) is 7.23. The van der Waals surface area contributed by atoms with Crippen LogP contribution in [0.2, 0.25) is 0 Å². The number of piperidine rings is 1. The maximum Gasteiger partial charge on any atom is 0.0736 e. The number of rotatable bonds is 6. The van der Waals surface area contributed by atoms with Crippen molar-refractivity contribution in [2.75, 3.05) is 26.3 Å². The molecule has 1 aromatic rings. The summed E-state index contributed by atoms with van der Waals surface area (Å²) in [7, 11) is 0. The minimum atomic E-state index is 0.130. The minimum absolute atomic E-state index is 0.130. The third-order valence-electron chi connectivity index (χ3n) is 5.60. The smallest absolute Gasteiger partial charge is 0.0736 e. The number of likely N-dealkylation sites (tertiary alicyclic amines) is 1. The fourth-order valence-electron chi connectivity index (χ4n) is 4.06. The van der Waals surface area contributed by atoms with Crippen LogP contribution in [-0.4, -0.2) is 47.8 Å². The number of nitrogens with zero attached hydrogens (tertiary/aromatic N) is 2. The van der Waals surface area contributed by atoms with E-state index >= 15 is 0 Å². The molecule has 1 aromatic heterocycles. The van der Waals surface area contributed by atoms with Gasteiger partial charge in [0.25, 0.3) is 0 Å². The first kappa shape index (κ1) is 16.9. The van der Waals surface area contributed by atoms with Gasteiger partial charge in [0, 0.05) is 44.7 Å². The van der Waals surface area contributed by atoms with Crippen LogP contribution in [0.5, 0.6) is 0 Å². The highest BCUT2D eigenvalue weighted by molar-refractivity contribution is 5.07. The average Bonchev–Trinajstić information content (AvgIpc) is 2.95. The number of pyridine rings is 1. The monoisotopic (exact) mass is 318 g/mol. The highest BCUT2D eigenvalue weighted by Crippen LogP contribution is 2.42. The molecule has 2 saturated heterocycles. The summed E-state index contributed by atoms with van der Waals surface area (Å²) in [5, 5.41) is 0. The molecule has 0 bridgehead atoms. The van der Waals surface area contributed by atoms with Crippen LogP contribution in [0.3, 0.4) is 0 Å². The van der Waals surface area contributed by atoms with Gasteiger partial charge in [-0.05, 0) is 63.1 Å². The summed E-state index contributed by atoms with van der Waals surface area (Å²) >= 11 is 0. The quantitative estimate of drug-likeness (QED) is 0.754. The van der Waals surface area contributed by atoms with Gasteiger partial charge < -0.3 is 14.4 Å². The first-order valence-electron chi connectivity index (χ1n) is 9.04. The van der Waals surface area contributed by atoms with Gasteiger partial charge in [0.15, 0.2) is 0 Å². The molecule has 128 valence electrons. The SMILES string of the molecule is CC(C)N1CCC2(CC1)OCC[C@H]2CCOCc1ccncc1. The maximum absolute atomic E-state index is 6.25. The lowest BCUT2D eigenvalue weighted by atomic mass is 9.78. The van der Waals surface area contributed by atoms with E-state index in [4.69, 9.17) is 9.47 Å². The van der Waals surface area contributed by atoms with Crippen LogP contribution in [0.4, 0.5) is 0 Å². The zero-order chi connectivity index (χ0) is 16.1. The van der Waals surface area contributed by atoms with Crippen molar-refractivity contribution < 1.29 is 9.47 Å². The van der Waals surface area contributed by atoms with Crippen LogP contribution in [-0.2, 0) is 16.1 Å². The maximum atomic E-state index is 6.25. The van der Waals surface area contributed by atoms with Gasteiger partial charge in [0.1, 0.15) is 0 Å². The molecule has 0 saturated carbocycles. The first-order chi connectivity index (χ1) is 11.2. The summed E-state index contributed by atoms with van der Waals surface area (Å²) in [6.45, 7) is 9.36. The molecule has 2 aliphatic rings. The second kappa shape index (κ2) is 7.73. The van der Waals surface area contributed by atoms with Gasteiger partial charge in [-0.1, -0.05) is 0 Å². The van der Waals surface area contributed by atoms with Crippen molar-refractivity contribution in [3.8, 4) is 0 Å². The lowest BCUT2D eigenvalue weighted by Crippen LogP contribution is -2.49. The highest BCUT2D eigenvalue weighted by Gasteiger charge is 2.45. The van der Waals surface area contributed by atoms with Crippen LogP contribution in [0.1, 0.15) is 45.1 Å². The molecule has 1 atom stereocenters. The van der Waals surface area contributed by atoms with Gasteiger partial charge in [0.2, 0.25) is 0 Å². The van der Waals surface area contributed by atoms with Gasteiger partial charge in [-0.3, -0.25) is 4.98 Å². The molecule has 0 aliphatic carbocycles. The molecule has 0 N–H and O–H groups in total. The molecule has 3 rings (SSSR count). The summed E-state index contributed by atoms with van der Waals surface area (Å²) in [4.78, 5) is 6.61. The Hall–Kier alpha value is -0.970. The molecular formula is C19H30N2O2. The minimum Gasteiger partial charge on any atom is -0.377 e. The molecule has 3 heterocycles. The van der Waals surface area contributed by atoms with E-state index in [9.17, 15) is 0 Å². The Balaban J connectivity index is 1.44. The van der Waals surface area contributed by atoms with Crippen molar-refractivity contribution in [2.45, 2.75) is 57.8 Å². The van der Waals surface area contributed by atoms with E-state index in [1.165, 1.54) is 37.9 Å². The van der Waals surface area contributed by atoms with E-state index in [-0.39, 0.29) is 5.60 Å². The standard InChI is InChI=1S/C19H30N2O2/c1-16(2)21-11-7-19(8-12-21)18(6-14-23-19)5-13-22-15-17-3-9-20-10-4-17/h3-4,9-10,16,18H,5-8,11-15H2,1-2H3/t18-/m1/s1. The zero-order valence-electron chi connectivity index (χ0n) is 14.5. The molecule has 23 heavy (non-hydrogen) atoms. The molecule has 0 unspecified atom stereocenters. The molecule has 0 amide bonds. The summed E-state index contributed by atoms with van der Waals surface area (Å²) in [6.07, 6.45) is 8.31. The van der Waals surface area contributed by atoms with Gasteiger partial charge >= 0.3 is 0 Å². The van der Waals surface area contributed by atoms with E-state index in [1.807, 2.05) is 24.5 Å². The van der Waals surface area contributed by atoms with Crippen molar-refractivity contribution in [3.05, 3.63) is 30.1 Å². The predicted molar refractivity (Wildman–Crippen MR) is 91.2 cm³/mol. The first-order valence-corrected chi connectivity index (χ1v) is 9.04. The number of aromatic nitrogens is 1. The zero-order valence-corrected chi connectivity index (χ0v) is 14.5. The van der Waals surface area contributed by atoms with Crippen molar-refractivity contribution >= 4 is 0 Å². The summed E-state index contributed by atoms with van der Waals surface area (Å²) in [5.41, 5.74) is 1.33. The highest BCUT2D eigenvalue weighted by atomic mass is 16.5. The normalized spacial score (nSPS) is 24.6. The van der Waals surface area contributed by atoms with E-state index in [1.54, 1.807) is 0 Å². The Labute approximate surface area is 140 Å². The van der Waals surface area contributed by atoms with E-state index in [0.29, 0.717) is 18.6 Å². The van der Waals surface area contributed by atoms with Crippen LogP contribution >= 0.6 is 0 Å². The molecule has 4 nitrogen and oxygen atoms in total. The number of hydrogen-bond acceptors (Lipinski definition) is 4. The van der Waals surface area contributed by atoms with Crippen molar-refractivity contribution in [2.24, 2.45) is 5.92 Å². The Morgan fingerprint density at radius 2 is 2.04 bits per heavy atom. The lowest BCUT2D eigenvalue weighted by Gasteiger charge is -2.43. The van der Waals surface area contributed by atoms with Crippen LogP contribution in [0, 0.1) is 5.92 Å². The average molecular weight is 318 g/mol. The van der Waals surface area contributed by atoms with Crippen LogP contribution in [0.25, 0.3) is 0 Å². The third kappa shape index (κ3) is 4.11. The molecule has 2 aliphatic heterocycles. The predicted octanol–water partition coefficient (Wildman–Crippen LogP) is 3.27. The van der Waals surface area contributed by atoms with E-state index in [0.717, 1.165) is 19.6 Å². The number of hydrogen-bond donors (Lipinski definition) is 0. The molecule has 2 fully saturated rings. The Morgan fingerprint density at radius 3 is 2.74 bits per heavy atom. The molecule has 1 spiro atoms. The lowest BCUT2D eigenvalue weighted by molar-refractivity contribution is -0.0761. The molecule has 4 heteroatoms. The van der Waals surface area contributed by atoms with Crippen molar-refractivity contribution in [3.63, 3.8) is 0 Å². The molecule has 0 radical (unpaired) electrons. The van der Waals surface area contributed by atoms with Crippen LogP contribution < -0.4 is 0 Å².